The number of ether oxygens (including phenoxy) is 1. The number of hydrogen-bond donors (Lipinski definition) is 2. The molecule has 0 radical (unpaired) electrons. The van der Waals surface area contributed by atoms with Crippen LogP contribution in [0.4, 0.5) is 10.8 Å². The van der Waals surface area contributed by atoms with E-state index in [2.05, 4.69) is 44.5 Å². The van der Waals surface area contributed by atoms with Crippen molar-refractivity contribution in [2.75, 3.05) is 12.4 Å². The number of thioether (sulfide) groups is 1. The molecular weight excluding hydrogens is 483 g/mol. The van der Waals surface area contributed by atoms with Gasteiger partial charge in [-0.2, -0.15) is 0 Å². The third-order valence-corrected chi connectivity index (χ3v) is 8.48. The second kappa shape index (κ2) is 9.02. The van der Waals surface area contributed by atoms with Crippen molar-refractivity contribution in [3.05, 3.63) is 62.8 Å². The first kappa shape index (κ1) is 21.1. The predicted octanol–water partition coefficient (Wildman–Crippen LogP) is 5.92. The van der Waals surface area contributed by atoms with Gasteiger partial charge >= 0.3 is 0 Å². The molecule has 0 bridgehead atoms. The molecule has 4 heterocycles. The molecule has 0 atom stereocenters. The molecule has 0 saturated heterocycles. The number of fused-ring (bicyclic) bond motifs is 1. The third-order valence-electron chi connectivity index (χ3n) is 4.59. The van der Waals surface area contributed by atoms with Crippen LogP contribution in [0.25, 0.3) is 20.7 Å². The summed E-state index contributed by atoms with van der Waals surface area (Å²) in [6.45, 7) is 2.06. The van der Waals surface area contributed by atoms with E-state index in [0.29, 0.717) is 22.1 Å². The number of rotatable bonds is 7. The Bertz CT molecular complexity index is 1450. The highest BCUT2D eigenvalue weighted by Gasteiger charge is 2.15. The molecule has 162 valence electrons. The van der Waals surface area contributed by atoms with E-state index in [1.54, 1.807) is 18.4 Å². The van der Waals surface area contributed by atoms with Crippen LogP contribution in [0.15, 0.2) is 50.9 Å². The summed E-state index contributed by atoms with van der Waals surface area (Å²) in [6, 6.07) is 11.8. The number of benzene rings is 1. The first-order chi connectivity index (χ1) is 15.6. The predicted molar refractivity (Wildman–Crippen MR) is 134 cm³/mol. The fourth-order valence-corrected chi connectivity index (χ4v) is 6.69. The number of aromatic nitrogens is 4. The first-order valence-corrected chi connectivity index (χ1v) is 13.0. The fraction of sp³-hybridized carbons (Fsp3) is 0.143. The van der Waals surface area contributed by atoms with E-state index >= 15 is 0 Å². The molecule has 11 heteroatoms. The summed E-state index contributed by atoms with van der Waals surface area (Å²) in [6.07, 6.45) is 0. The van der Waals surface area contributed by atoms with Crippen molar-refractivity contribution >= 4 is 66.8 Å². The average Bonchev–Trinajstić information content (AvgIpc) is 3.52. The summed E-state index contributed by atoms with van der Waals surface area (Å²) in [4.78, 5) is 23.5. The van der Waals surface area contributed by atoms with Crippen molar-refractivity contribution < 1.29 is 4.74 Å². The van der Waals surface area contributed by atoms with Gasteiger partial charge in [0.1, 0.15) is 16.4 Å². The monoisotopic (exact) mass is 499 g/mol. The number of anilines is 2. The van der Waals surface area contributed by atoms with Crippen LogP contribution in [0.5, 0.6) is 5.75 Å². The average molecular weight is 500 g/mol. The third kappa shape index (κ3) is 4.29. The lowest BCUT2D eigenvalue weighted by molar-refractivity contribution is 0.417. The molecule has 5 rings (SSSR count). The van der Waals surface area contributed by atoms with Gasteiger partial charge in [-0.3, -0.25) is 4.79 Å². The Morgan fingerprint density at radius 2 is 2.03 bits per heavy atom. The van der Waals surface area contributed by atoms with Crippen molar-refractivity contribution in [3.8, 4) is 16.2 Å². The summed E-state index contributed by atoms with van der Waals surface area (Å²) in [7, 11) is 1.63. The van der Waals surface area contributed by atoms with Crippen LogP contribution in [0, 0.1) is 6.92 Å². The van der Waals surface area contributed by atoms with Crippen LogP contribution in [0.2, 0.25) is 0 Å². The molecule has 5 aromatic rings. The molecule has 0 fully saturated rings. The lowest BCUT2D eigenvalue weighted by atomic mass is 10.2. The smallest absolute Gasteiger partial charge is 0.260 e. The standard InChI is InChI=1S/C21H17N5O2S4/c1-11-7-8-15(31-11)12-9-29-19-17(12)18(27)23-16(24-19)10-30-21-26-25-20(32-21)22-13-5-3-4-6-14(13)28-2/h3-9H,10H2,1-2H3,(H,22,25)(H,23,24,27). The molecule has 0 saturated carbocycles. The summed E-state index contributed by atoms with van der Waals surface area (Å²) < 4.78 is 6.14. The summed E-state index contributed by atoms with van der Waals surface area (Å²) in [5.41, 5.74) is 1.67. The quantitative estimate of drug-likeness (QED) is 0.269. The maximum atomic E-state index is 12.8. The second-order valence-electron chi connectivity index (χ2n) is 6.74. The Balaban J connectivity index is 1.31. The minimum atomic E-state index is -0.108. The topological polar surface area (TPSA) is 92.8 Å². The van der Waals surface area contributed by atoms with E-state index in [9.17, 15) is 4.79 Å². The Kier molecular flexibility index (Phi) is 5.96. The van der Waals surface area contributed by atoms with Crippen LogP contribution >= 0.6 is 45.8 Å². The maximum Gasteiger partial charge on any atom is 0.260 e. The van der Waals surface area contributed by atoms with E-state index in [1.165, 1.54) is 39.3 Å². The van der Waals surface area contributed by atoms with E-state index in [-0.39, 0.29) is 5.56 Å². The second-order valence-corrected chi connectivity index (χ2v) is 11.1. The number of thiophene rings is 2. The molecular formula is C21H17N5O2S4. The van der Waals surface area contributed by atoms with Crippen LogP contribution in [-0.2, 0) is 5.75 Å². The van der Waals surface area contributed by atoms with Crippen molar-refractivity contribution in [1.82, 2.24) is 20.2 Å². The number of aryl methyl sites for hydroxylation is 1. The Morgan fingerprint density at radius 1 is 1.16 bits per heavy atom. The number of nitrogens with one attached hydrogen (secondary N) is 2. The molecule has 0 aliphatic carbocycles. The molecule has 0 aliphatic heterocycles. The van der Waals surface area contributed by atoms with Gasteiger partial charge in [-0.15, -0.1) is 32.9 Å². The normalized spacial score (nSPS) is 11.2. The molecule has 0 amide bonds. The van der Waals surface area contributed by atoms with Crippen molar-refractivity contribution in [3.63, 3.8) is 0 Å². The molecule has 7 nitrogen and oxygen atoms in total. The summed E-state index contributed by atoms with van der Waals surface area (Å²) in [5.74, 6) is 1.86. The number of nitrogens with zero attached hydrogens (tertiary/aromatic N) is 3. The zero-order chi connectivity index (χ0) is 22.1. The SMILES string of the molecule is COc1ccccc1Nc1nnc(SCc2nc3scc(-c4ccc(C)s4)c3c(=O)[nH]2)s1. The lowest BCUT2D eigenvalue weighted by Gasteiger charge is -2.07. The fourth-order valence-electron chi connectivity index (χ4n) is 3.13. The summed E-state index contributed by atoms with van der Waals surface area (Å²) in [5, 5.41) is 15.0. The van der Waals surface area contributed by atoms with Crippen molar-refractivity contribution in [1.29, 1.82) is 0 Å². The highest BCUT2D eigenvalue weighted by atomic mass is 32.2. The van der Waals surface area contributed by atoms with Gasteiger partial charge in [-0.05, 0) is 31.2 Å². The van der Waals surface area contributed by atoms with E-state index < -0.39 is 0 Å². The van der Waals surface area contributed by atoms with Gasteiger partial charge in [0.05, 0.1) is 23.9 Å². The van der Waals surface area contributed by atoms with E-state index in [4.69, 9.17) is 4.74 Å². The van der Waals surface area contributed by atoms with E-state index in [0.717, 1.165) is 31.0 Å². The van der Waals surface area contributed by atoms with E-state index in [1.807, 2.05) is 29.6 Å². The Hall–Kier alpha value is -2.73. The Morgan fingerprint density at radius 3 is 2.84 bits per heavy atom. The minimum Gasteiger partial charge on any atom is -0.495 e. The van der Waals surface area contributed by atoms with Gasteiger partial charge in [-0.25, -0.2) is 4.98 Å². The van der Waals surface area contributed by atoms with Crippen LogP contribution < -0.4 is 15.6 Å². The Labute approximate surface area is 199 Å². The molecule has 0 unspecified atom stereocenters. The first-order valence-electron chi connectivity index (χ1n) is 9.54. The van der Waals surface area contributed by atoms with Gasteiger partial charge in [0, 0.05) is 20.7 Å². The molecule has 4 aromatic heterocycles. The van der Waals surface area contributed by atoms with Crippen molar-refractivity contribution in [2.45, 2.75) is 17.0 Å². The minimum absolute atomic E-state index is 0.108. The molecule has 2 N–H and O–H groups in total. The molecule has 0 spiro atoms. The van der Waals surface area contributed by atoms with Gasteiger partial charge in [-0.1, -0.05) is 35.2 Å². The highest BCUT2D eigenvalue weighted by molar-refractivity contribution is 8.00. The number of aromatic amines is 1. The van der Waals surface area contributed by atoms with Gasteiger partial charge < -0.3 is 15.0 Å². The van der Waals surface area contributed by atoms with Crippen LogP contribution in [-0.4, -0.2) is 27.3 Å². The number of methoxy groups -OCH3 is 1. The number of hydrogen-bond acceptors (Lipinski definition) is 10. The molecule has 1 aromatic carbocycles. The number of H-pyrrole nitrogens is 1. The van der Waals surface area contributed by atoms with Crippen LogP contribution in [0.3, 0.4) is 0 Å². The van der Waals surface area contributed by atoms with Crippen molar-refractivity contribution in [2.24, 2.45) is 0 Å². The molecule has 32 heavy (non-hydrogen) atoms. The van der Waals surface area contributed by atoms with Gasteiger partial charge in [0.15, 0.2) is 4.34 Å². The largest absolute Gasteiger partial charge is 0.495 e. The maximum absolute atomic E-state index is 12.8. The zero-order valence-corrected chi connectivity index (χ0v) is 20.3. The van der Waals surface area contributed by atoms with Gasteiger partial charge in [0.2, 0.25) is 5.13 Å². The highest BCUT2D eigenvalue weighted by Crippen LogP contribution is 2.36. The molecule has 0 aliphatic rings. The van der Waals surface area contributed by atoms with Crippen LogP contribution in [0.1, 0.15) is 10.7 Å². The van der Waals surface area contributed by atoms with Gasteiger partial charge in [0.25, 0.3) is 5.56 Å². The lowest BCUT2D eigenvalue weighted by Crippen LogP contribution is -2.10. The number of para-hydroxylation sites is 2. The summed E-state index contributed by atoms with van der Waals surface area (Å²) >= 11 is 6.10. The zero-order valence-electron chi connectivity index (χ0n) is 17.0.